The van der Waals surface area contributed by atoms with Gasteiger partial charge in [0, 0.05) is 26.6 Å². The summed E-state index contributed by atoms with van der Waals surface area (Å²) < 4.78 is 51.8. The molecule has 18 heteroatoms. The zero-order chi connectivity index (χ0) is 43.4. The summed E-state index contributed by atoms with van der Waals surface area (Å²) >= 11 is 0. The van der Waals surface area contributed by atoms with E-state index in [0.29, 0.717) is 44.2 Å². The summed E-state index contributed by atoms with van der Waals surface area (Å²) in [5.74, 6) is -5.50. The highest BCUT2D eigenvalue weighted by atomic mass is 19.4. The van der Waals surface area contributed by atoms with Crippen LogP contribution in [0.5, 0.6) is 0 Å². The van der Waals surface area contributed by atoms with Crippen molar-refractivity contribution in [3.8, 4) is 0 Å². The van der Waals surface area contributed by atoms with Gasteiger partial charge in [-0.05, 0) is 76.9 Å². The van der Waals surface area contributed by atoms with Gasteiger partial charge < -0.3 is 35.2 Å². The third-order valence-electron chi connectivity index (χ3n) is 10.9. The van der Waals surface area contributed by atoms with Crippen LogP contribution >= 0.6 is 0 Å². The molecule has 0 radical (unpaired) electrons. The van der Waals surface area contributed by atoms with Crippen molar-refractivity contribution in [2.45, 2.75) is 114 Å². The van der Waals surface area contributed by atoms with Gasteiger partial charge in [-0.1, -0.05) is 55.3 Å². The van der Waals surface area contributed by atoms with Gasteiger partial charge in [0.2, 0.25) is 29.1 Å². The average molecular weight is 831 g/mol. The second-order valence-corrected chi connectivity index (χ2v) is 16.8. The Morgan fingerprint density at radius 1 is 1.00 bits per heavy atom. The SMILES string of the molecule is CN(C)C(=O)[C@@H](NC(=O)CNC(=O)C(=O)C(CC1CC1)NC(=O)[C@@H]1[C@H]2CC(C)(C)O[C@H]2CN1C(=O)/C(NC(=O)OC(C)(C)C(F)(F)F)=C1\CC=CCC1)c1ccccc1. The molecule has 4 aliphatic rings. The van der Waals surface area contributed by atoms with Crippen LogP contribution in [0, 0.1) is 11.8 Å². The van der Waals surface area contributed by atoms with E-state index in [1.165, 1.54) is 23.9 Å². The van der Waals surface area contributed by atoms with E-state index in [1.54, 1.807) is 36.4 Å². The van der Waals surface area contributed by atoms with E-state index in [0.717, 1.165) is 12.8 Å². The molecule has 6 amide bonds. The number of hydrogen-bond acceptors (Lipinski definition) is 9. The standard InChI is InChI=1S/C41H53F3N6O9/c1-39(2)20-26-28(58-39)22-50(37(56)31(25-15-11-8-12-16-25)48-38(57)59-40(3,4)41(42,43)44)32(26)34(53)46-27(19-23-17-18-23)33(52)35(54)45-21-29(51)47-30(36(55)49(5)6)24-13-9-7-10-14-24/h7-11,13-14,23,26-28,30,32H,12,15-22H2,1-6H3,(H,45,54)(H,46,53)(H,47,51)(H,48,57)/b31-25-/t26-,27?,28-,30-,32-/m0/s1. The number of halogens is 3. The molecular formula is C41H53F3N6O9. The fourth-order valence-corrected chi connectivity index (χ4v) is 7.58. The maximum Gasteiger partial charge on any atom is 0.427 e. The predicted octanol–water partition coefficient (Wildman–Crippen LogP) is 3.36. The fourth-order valence-electron chi connectivity index (χ4n) is 7.58. The summed E-state index contributed by atoms with van der Waals surface area (Å²) in [6, 6.07) is 4.82. The zero-order valence-corrected chi connectivity index (χ0v) is 34.1. The number of likely N-dealkylation sites (N-methyl/N-ethyl adjacent to an activating group) is 1. The number of ether oxygens (including phenoxy) is 2. The number of rotatable bonds is 14. The molecule has 2 heterocycles. The third kappa shape index (κ3) is 11.1. The number of allylic oxidation sites excluding steroid dienone is 3. The minimum Gasteiger partial charge on any atom is -0.434 e. The number of Topliss-reactive ketones (excluding diaryl/α,β-unsaturated/α-hetero) is 1. The van der Waals surface area contributed by atoms with Gasteiger partial charge in [-0.3, -0.25) is 34.1 Å². The van der Waals surface area contributed by atoms with Crippen molar-refractivity contribution in [1.82, 2.24) is 31.1 Å². The minimum absolute atomic E-state index is 0.0266. The van der Waals surface area contributed by atoms with E-state index in [1.807, 2.05) is 19.9 Å². The Labute approximate surface area is 340 Å². The van der Waals surface area contributed by atoms with E-state index >= 15 is 0 Å². The van der Waals surface area contributed by atoms with Crippen molar-refractivity contribution in [3.05, 3.63) is 59.3 Å². The number of ketones is 1. The highest BCUT2D eigenvalue weighted by Crippen LogP contribution is 2.44. The number of nitrogens with one attached hydrogen (secondary N) is 4. The first-order valence-corrected chi connectivity index (χ1v) is 19.7. The number of carbonyl (C=O) groups is 7. The molecule has 0 aromatic heterocycles. The predicted molar refractivity (Wildman–Crippen MR) is 206 cm³/mol. The lowest BCUT2D eigenvalue weighted by atomic mass is 9.89. The lowest BCUT2D eigenvalue weighted by Gasteiger charge is -2.32. The molecule has 2 aliphatic carbocycles. The van der Waals surface area contributed by atoms with Gasteiger partial charge >= 0.3 is 12.3 Å². The van der Waals surface area contributed by atoms with Crippen LogP contribution in [0.1, 0.15) is 84.2 Å². The lowest BCUT2D eigenvalue weighted by Crippen LogP contribution is -2.56. The Morgan fingerprint density at radius 2 is 1.68 bits per heavy atom. The van der Waals surface area contributed by atoms with Crippen molar-refractivity contribution in [3.63, 3.8) is 0 Å². The molecule has 5 atom stereocenters. The van der Waals surface area contributed by atoms with Gasteiger partial charge in [-0.25, -0.2) is 4.79 Å². The molecule has 0 spiro atoms. The van der Waals surface area contributed by atoms with E-state index < -0.39 is 95.5 Å². The van der Waals surface area contributed by atoms with E-state index in [2.05, 4.69) is 21.3 Å². The summed E-state index contributed by atoms with van der Waals surface area (Å²) in [6.45, 7) is 4.24. The molecule has 1 unspecified atom stereocenters. The van der Waals surface area contributed by atoms with Crippen LogP contribution in [0.2, 0.25) is 0 Å². The van der Waals surface area contributed by atoms with Crippen LogP contribution in [-0.4, -0.2) is 114 Å². The van der Waals surface area contributed by atoms with Gasteiger partial charge in [0.15, 0.2) is 0 Å². The van der Waals surface area contributed by atoms with Gasteiger partial charge in [0.05, 0.1) is 24.3 Å². The number of nitrogens with zero attached hydrogens (tertiary/aromatic N) is 2. The Balaban J connectivity index is 1.34. The van der Waals surface area contributed by atoms with Crippen LogP contribution < -0.4 is 21.3 Å². The molecule has 5 rings (SSSR count). The maximum absolute atomic E-state index is 14.5. The largest absolute Gasteiger partial charge is 0.434 e. The molecule has 4 N–H and O–H groups in total. The number of alkyl halides is 3. The monoisotopic (exact) mass is 830 g/mol. The van der Waals surface area contributed by atoms with Crippen LogP contribution in [0.15, 0.2) is 53.8 Å². The van der Waals surface area contributed by atoms with Crippen molar-refractivity contribution < 1.29 is 56.2 Å². The number of benzene rings is 1. The molecular weight excluding hydrogens is 777 g/mol. The average Bonchev–Trinajstić information content (AvgIpc) is 3.85. The molecule has 0 bridgehead atoms. The summed E-state index contributed by atoms with van der Waals surface area (Å²) in [7, 11) is 3.06. The molecule has 3 fully saturated rings. The highest BCUT2D eigenvalue weighted by molar-refractivity contribution is 6.38. The first kappa shape index (κ1) is 44.8. The van der Waals surface area contributed by atoms with Crippen molar-refractivity contribution in [1.29, 1.82) is 0 Å². The molecule has 1 aromatic carbocycles. The lowest BCUT2D eigenvalue weighted by molar-refractivity contribution is -0.243. The molecule has 59 heavy (non-hydrogen) atoms. The minimum atomic E-state index is -4.91. The maximum atomic E-state index is 14.5. The Bertz CT molecular complexity index is 1880. The molecule has 1 aromatic rings. The van der Waals surface area contributed by atoms with Crippen LogP contribution in [0.3, 0.4) is 0 Å². The zero-order valence-electron chi connectivity index (χ0n) is 34.1. The summed E-state index contributed by atoms with van der Waals surface area (Å²) in [5.41, 5.74) is -2.97. The molecule has 2 saturated heterocycles. The number of alkyl carbamates (subject to hydrolysis) is 1. The quantitative estimate of drug-likeness (QED) is 0.124. The molecule has 2 aliphatic heterocycles. The van der Waals surface area contributed by atoms with Crippen molar-refractivity contribution in [2.24, 2.45) is 11.8 Å². The number of amides is 6. The van der Waals surface area contributed by atoms with Gasteiger partial charge in [-0.2, -0.15) is 13.2 Å². The smallest absolute Gasteiger partial charge is 0.427 e. The van der Waals surface area contributed by atoms with Crippen LogP contribution in [-0.2, 0) is 38.2 Å². The van der Waals surface area contributed by atoms with Gasteiger partial charge in [0.1, 0.15) is 17.8 Å². The van der Waals surface area contributed by atoms with E-state index in [-0.39, 0.29) is 31.0 Å². The second-order valence-electron chi connectivity index (χ2n) is 16.8. The van der Waals surface area contributed by atoms with Crippen molar-refractivity contribution >= 4 is 41.4 Å². The fraction of sp³-hybridized carbons (Fsp3) is 0.585. The Kier molecular flexibility index (Phi) is 13.6. The number of likely N-dealkylation sites (tertiary alicyclic amines) is 1. The first-order valence-electron chi connectivity index (χ1n) is 19.7. The molecule has 1 saturated carbocycles. The summed E-state index contributed by atoms with van der Waals surface area (Å²) in [5, 5.41) is 9.84. The first-order chi connectivity index (χ1) is 27.6. The Hall–Kier alpha value is -5.26. The number of carbonyl (C=O) groups excluding carboxylic acids is 7. The second kappa shape index (κ2) is 17.9. The van der Waals surface area contributed by atoms with Crippen molar-refractivity contribution in [2.75, 3.05) is 27.2 Å². The topological polar surface area (TPSA) is 193 Å². The Morgan fingerprint density at radius 3 is 2.27 bits per heavy atom. The number of hydrogen-bond donors (Lipinski definition) is 4. The van der Waals surface area contributed by atoms with Crippen LogP contribution in [0.25, 0.3) is 0 Å². The molecule has 15 nitrogen and oxygen atoms in total. The highest BCUT2D eigenvalue weighted by Gasteiger charge is 2.56. The van der Waals surface area contributed by atoms with Crippen LogP contribution in [0.4, 0.5) is 18.0 Å². The van der Waals surface area contributed by atoms with Gasteiger partial charge in [0.25, 0.3) is 11.8 Å². The number of fused-ring (bicyclic) bond motifs is 1. The van der Waals surface area contributed by atoms with E-state index in [9.17, 15) is 46.7 Å². The summed E-state index contributed by atoms with van der Waals surface area (Å²) in [4.78, 5) is 97.2. The summed E-state index contributed by atoms with van der Waals surface area (Å²) in [6.07, 6.45) is -0.532. The molecule has 322 valence electrons. The van der Waals surface area contributed by atoms with E-state index in [4.69, 9.17) is 9.47 Å². The third-order valence-corrected chi connectivity index (χ3v) is 10.9. The normalized spacial score (nSPS) is 22.9. The van der Waals surface area contributed by atoms with Gasteiger partial charge in [-0.15, -0.1) is 0 Å².